The van der Waals surface area contributed by atoms with E-state index in [1.54, 1.807) is 17.6 Å². The van der Waals surface area contributed by atoms with Crippen molar-refractivity contribution < 1.29 is 0 Å². The Morgan fingerprint density at radius 1 is 1.17 bits per heavy atom. The van der Waals surface area contributed by atoms with Crippen LogP contribution in [0.5, 0.6) is 0 Å². The Hall–Kier alpha value is -2.57. The predicted molar refractivity (Wildman–Crippen MR) is 101 cm³/mol. The Kier molecular flexibility index (Phi) is 3.84. The number of hydrogen-bond acceptors (Lipinski definition) is 5. The number of rotatable bonds is 3. The van der Waals surface area contributed by atoms with E-state index in [1.165, 1.54) is 22.3 Å². The van der Waals surface area contributed by atoms with E-state index < -0.39 is 0 Å². The molecule has 0 spiro atoms. The first-order valence-electron chi connectivity index (χ1n) is 7.37. The smallest absolute Gasteiger partial charge is 0.267 e. The summed E-state index contributed by atoms with van der Waals surface area (Å²) in [7, 11) is 0. The maximum absolute atomic E-state index is 12.8. The molecular formula is C18H13N3OS2. The number of thiophene rings is 2. The van der Waals surface area contributed by atoms with E-state index >= 15 is 0 Å². The maximum atomic E-state index is 12.8. The van der Waals surface area contributed by atoms with Crippen molar-refractivity contribution >= 4 is 39.1 Å². The number of hydrogen-bond donors (Lipinski definition) is 0. The fourth-order valence-corrected chi connectivity index (χ4v) is 4.20. The molecule has 4 aromatic rings. The first-order valence-corrected chi connectivity index (χ1v) is 9.12. The zero-order valence-electron chi connectivity index (χ0n) is 12.8. The molecule has 0 aliphatic carbocycles. The highest BCUT2D eigenvalue weighted by Gasteiger charge is 2.13. The van der Waals surface area contributed by atoms with Crippen LogP contribution in [-0.2, 0) is 0 Å². The fourth-order valence-electron chi connectivity index (χ4n) is 2.47. The van der Waals surface area contributed by atoms with Gasteiger partial charge in [0, 0.05) is 15.8 Å². The van der Waals surface area contributed by atoms with Crippen LogP contribution >= 0.6 is 22.7 Å². The van der Waals surface area contributed by atoms with Gasteiger partial charge in [-0.1, -0.05) is 30.3 Å². The zero-order valence-corrected chi connectivity index (χ0v) is 14.5. The van der Waals surface area contributed by atoms with Gasteiger partial charge in [-0.2, -0.15) is 9.78 Å². The van der Waals surface area contributed by atoms with Gasteiger partial charge in [0.25, 0.3) is 5.56 Å². The lowest BCUT2D eigenvalue weighted by Gasteiger charge is -2.01. The van der Waals surface area contributed by atoms with Crippen LogP contribution in [0.1, 0.15) is 11.1 Å². The highest BCUT2D eigenvalue weighted by molar-refractivity contribution is 7.18. The number of aromatic nitrogens is 2. The minimum Gasteiger partial charge on any atom is -0.267 e. The summed E-state index contributed by atoms with van der Waals surface area (Å²) in [5.41, 5.74) is 2.88. The molecule has 0 atom stereocenters. The van der Waals surface area contributed by atoms with Crippen molar-refractivity contribution in [3.05, 3.63) is 75.0 Å². The molecule has 4 nitrogen and oxygen atoms in total. The monoisotopic (exact) mass is 351 g/mol. The van der Waals surface area contributed by atoms with Crippen molar-refractivity contribution in [1.29, 1.82) is 0 Å². The average molecular weight is 351 g/mol. The van der Waals surface area contributed by atoms with Crippen LogP contribution in [0.4, 0.5) is 0 Å². The minimum absolute atomic E-state index is 0.144. The van der Waals surface area contributed by atoms with E-state index in [-0.39, 0.29) is 5.56 Å². The SMILES string of the molecule is Cc1ccccc1/C=N\n1cnc2scc(-c3cccs3)c2c1=O. The molecule has 0 radical (unpaired) electrons. The molecule has 4 rings (SSSR count). The number of fused-ring (bicyclic) bond motifs is 1. The standard InChI is InChI=1S/C18H13N3OS2/c1-12-5-2-3-6-13(12)9-20-21-11-19-17-16(18(21)22)14(10-24-17)15-7-4-8-23-15/h2-11H,1H3/b20-9-. The van der Waals surface area contributed by atoms with Gasteiger partial charge in [0.1, 0.15) is 11.2 Å². The summed E-state index contributed by atoms with van der Waals surface area (Å²) in [6.45, 7) is 2.01. The van der Waals surface area contributed by atoms with Gasteiger partial charge < -0.3 is 0 Å². The average Bonchev–Trinajstić information content (AvgIpc) is 3.25. The second-order valence-electron chi connectivity index (χ2n) is 5.30. The van der Waals surface area contributed by atoms with Crippen molar-refractivity contribution in [3.8, 4) is 10.4 Å². The van der Waals surface area contributed by atoms with Gasteiger partial charge in [0.15, 0.2) is 0 Å². The van der Waals surface area contributed by atoms with Gasteiger partial charge in [-0.15, -0.1) is 22.7 Å². The number of benzene rings is 1. The molecule has 0 N–H and O–H groups in total. The van der Waals surface area contributed by atoms with E-state index in [9.17, 15) is 4.79 Å². The second-order valence-corrected chi connectivity index (χ2v) is 7.11. The molecule has 3 aromatic heterocycles. The summed E-state index contributed by atoms with van der Waals surface area (Å²) >= 11 is 3.10. The van der Waals surface area contributed by atoms with Gasteiger partial charge in [-0.3, -0.25) is 4.79 Å². The summed E-state index contributed by atoms with van der Waals surface area (Å²) in [4.78, 5) is 19.0. The van der Waals surface area contributed by atoms with Crippen molar-refractivity contribution in [2.75, 3.05) is 0 Å². The third-order valence-electron chi connectivity index (χ3n) is 3.77. The van der Waals surface area contributed by atoms with E-state index in [1.807, 2.05) is 54.1 Å². The molecule has 6 heteroatoms. The summed E-state index contributed by atoms with van der Waals surface area (Å²) in [5.74, 6) is 0. The summed E-state index contributed by atoms with van der Waals surface area (Å²) in [5, 5.41) is 8.94. The van der Waals surface area contributed by atoms with Crippen LogP contribution in [-0.4, -0.2) is 15.9 Å². The van der Waals surface area contributed by atoms with Gasteiger partial charge in [-0.05, 0) is 29.5 Å². The third kappa shape index (κ3) is 2.60. The van der Waals surface area contributed by atoms with E-state index in [0.717, 1.165) is 26.4 Å². The normalized spacial score (nSPS) is 11.5. The van der Waals surface area contributed by atoms with Crippen LogP contribution < -0.4 is 5.56 Å². The molecule has 0 aliphatic rings. The largest absolute Gasteiger partial charge is 0.283 e. The molecule has 0 amide bonds. The number of aryl methyl sites for hydroxylation is 1. The summed E-state index contributed by atoms with van der Waals surface area (Å²) < 4.78 is 1.30. The van der Waals surface area contributed by atoms with Crippen molar-refractivity contribution in [1.82, 2.24) is 9.66 Å². The van der Waals surface area contributed by atoms with E-state index in [4.69, 9.17) is 0 Å². The second kappa shape index (κ2) is 6.14. The molecule has 1 aromatic carbocycles. The Bertz CT molecular complexity index is 1090. The van der Waals surface area contributed by atoms with Crippen LogP contribution in [0.2, 0.25) is 0 Å². The van der Waals surface area contributed by atoms with Gasteiger partial charge in [-0.25, -0.2) is 4.98 Å². The molecule has 3 heterocycles. The quantitative estimate of drug-likeness (QED) is 0.514. The highest BCUT2D eigenvalue weighted by Crippen LogP contribution is 2.33. The molecule has 0 saturated carbocycles. The molecule has 0 unspecified atom stereocenters. The van der Waals surface area contributed by atoms with E-state index in [0.29, 0.717) is 5.39 Å². The lowest BCUT2D eigenvalue weighted by molar-refractivity contribution is 0.819. The maximum Gasteiger partial charge on any atom is 0.283 e. The topological polar surface area (TPSA) is 47.2 Å². The molecular weight excluding hydrogens is 338 g/mol. The molecule has 0 aliphatic heterocycles. The first-order chi connectivity index (χ1) is 11.7. The Morgan fingerprint density at radius 2 is 2.04 bits per heavy atom. The molecule has 0 fully saturated rings. The van der Waals surface area contributed by atoms with Crippen LogP contribution in [0.3, 0.4) is 0 Å². The lowest BCUT2D eigenvalue weighted by Crippen LogP contribution is -2.16. The van der Waals surface area contributed by atoms with Gasteiger partial charge in [0.05, 0.1) is 11.6 Å². The summed E-state index contributed by atoms with van der Waals surface area (Å²) in [6.07, 6.45) is 3.18. The summed E-state index contributed by atoms with van der Waals surface area (Å²) in [6, 6.07) is 11.9. The highest BCUT2D eigenvalue weighted by atomic mass is 32.1. The van der Waals surface area contributed by atoms with E-state index in [2.05, 4.69) is 10.1 Å². The fraction of sp³-hybridized carbons (Fsp3) is 0.0556. The Balaban J connectivity index is 1.83. The predicted octanol–water partition coefficient (Wildman–Crippen LogP) is 4.38. The third-order valence-corrected chi connectivity index (χ3v) is 5.56. The van der Waals surface area contributed by atoms with Crippen LogP contribution in [0, 0.1) is 6.92 Å². The van der Waals surface area contributed by atoms with Crippen molar-refractivity contribution in [3.63, 3.8) is 0 Å². The van der Waals surface area contributed by atoms with Crippen LogP contribution in [0.25, 0.3) is 20.7 Å². The lowest BCUT2D eigenvalue weighted by atomic mass is 10.1. The first kappa shape index (κ1) is 15.0. The Morgan fingerprint density at radius 3 is 2.83 bits per heavy atom. The minimum atomic E-state index is -0.144. The number of nitrogens with zero attached hydrogens (tertiary/aromatic N) is 3. The molecule has 0 saturated heterocycles. The molecule has 118 valence electrons. The van der Waals surface area contributed by atoms with Gasteiger partial charge >= 0.3 is 0 Å². The zero-order chi connectivity index (χ0) is 16.5. The molecule has 0 bridgehead atoms. The van der Waals surface area contributed by atoms with Gasteiger partial charge in [0.2, 0.25) is 0 Å². The van der Waals surface area contributed by atoms with Crippen molar-refractivity contribution in [2.45, 2.75) is 6.92 Å². The van der Waals surface area contributed by atoms with Crippen molar-refractivity contribution in [2.24, 2.45) is 5.10 Å². The van der Waals surface area contributed by atoms with Crippen LogP contribution in [0.15, 0.2) is 63.4 Å². The Labute approximate surface area is 146 Å². The molecule has 24 heavy (non-hydrogen) atoms.